The first-order chi connectivity index (χ1) is 11.8. The number of benzene rings is 1. The Labute approximate surface area is 141 Å². The summed E-state index contributed by atoms with van der Waals surface area (Å²) in [5, 5.41) is 7.16. The second-order valence-corrected chi connectivity index (χ2v) is 5.53. The largest absolute Gasteiger partial charge is 0.466 e. The predicted molar refractivity (Wildman–Crippen MR) is 89.3 cm³/mol. The standard InChI is InChI=1S/C17H22N4O3/c22-16(18-7-9-20-10-12-23-13-11-20)14-24-17-6-8-21(19-17)15-4-2-1-3-5-15/h1-6,8H,7,9-14H2,(H,18,22). The maximum Gasteiger partial charge on any atom is 0.258 e. The van der Waals surface area contributed by atoms with E-state index in [4.69, 9.17) is 9.47 Å². The van der Waals surface area contributed by atoms with Crippen LogP contribution in [0.5, 0.6) is 5.88 Å². The monoisotopic (exact) mass is 330 g/mol. The van der Waals surface area contributed by atoms with Gasteiger partial charge in [-0.15, -0.1) is 5.10 Å². The van der Waals surface area contributed by atoms with Gasteiger partial charge >= 0.3 is 0 Å². The first kappa shape index (κ1) is 16.5. The number of amides is 1. The SMILES string of the molecule is O=C(COc1ccn(-c2ccccc2)n1)NCCN1CCOCC1. The lowest BCUT2D eigenvalue weighted by Gasteiger charge is -2.26. The van der Waals surface area contributed by atoms with Gasteiger partial charge in [0.15, 0.2) is 6.61 Å². The van der Waals surface area contributed by atoms with Crippen molar-refractivity contribution in [3.05, 3.63) is 42.6 Å². The van der Waals surface area contributed by atoms with Crippen molar-refractivity contribution in [1.29, 1.82) is 0 Å². The van der Waals surface area contributed by atoms with Crippen LogP contribution < -0.4 is 10.1 Å². The van der Waals surface area contributed by atoms with E-state index in [0.29, 0.717) is 12.4 Å². The Hall–Kier alpha value is -2.38. The molecule has 0 spiro atoms. The van der Waals surface area contributed by atoms with E-state index >= 15 is 0 Å². The lowest BCUT2D eigenvalue weighted by atomic mass is 10.3. The number of carbonyl (C=O) groups is 1. The summed E-state index contributed by atoms with van der Waals surface area (Å²) in [6.45, 7) is 4.78. The molecule has 3 rings (SSSR count). The summed E-state index contributed by atoms with van der Waals surface area (Å²) in [5.41, 5.74) is 0.947. The van der Waals surface area contributed by atoms with Gasteiger partial charge < -0.3 is 14.8 Å². The summed E-state index contributed by atoms with van der Waals surface area (Å²) >= 11 is 0. The van der Waals surface area contributed by atoms with Gasteiger partial charge in [-0.1, -0.05) is 18.2 Å². The normalized spacial score (nSPS) is 15.2. The molecular weight excluding hydrogens is 308 g/mol. The van der Waals surface area contributed by atoms with Gasteiger partial charge in [0.1, 0.15) is 0 Å². The molecule has 0 bridgehead atoms. The molecule has 0 aliphatic carbocycles. The highest BCUT2D eigenvalue weighted by molar-refractivity contribution is 5.77. The van der Waals surface area contributed by atoms with Crippen LogP contribution in [0.4, 0.5) is 0 Å². The fourth-order valence-electron chi connectivity index (χ4n) is 2.48. The molecule has 1 amide bonds. The number of nitrogens with zero attached hydrogens (tertiary/aromatic N) is 3. The molecule has 1 saturated heterocycles. The zero-order valence-corrected chi connectivity index (χ0v) is 13.6. The average Bonchev–Trinajstić information content (AvgIpc) is 3.11. The third-order valence-electron chi connectivity index (χ3n) is 3.79. The minimum Gasteiger partial charge on any atom is -0.466 e. The number of nitrogens with one attached hydrogen (secondary N) is 1. The Balaban J connectivity index is 1.38. The molecule has 1 aromatic carbocycles. The number of hydrogen-bond donors (Lipinski definition) is 1. The number of rotatable bonds is 7. The highest BCUT2D eigenvalue weighted by atomic mass is 16.5. The number of morpholine rings is 1. The minimum absolute atomic E-state index is 0.0328. The fraction of sp³-hybridized carbons (Fsp3) is 0.412. The Morgan fingerprint density at radius 3 is 2.79 bits per heavy atom. The Morgan fingerprint density at radius 2 is 2.00 bits per heavy atom. The van der Waals surface area contributed by atoms with Crippen molar-refractivity contribution in [1.82, 2.24) is 20.0 Å². The zero-order chi connectivity index (χ0) is 16.6. The van der Waals surface area contributed by atoms with Gasteiger partial charge in [-0.05, 0) is 12.1 Å². The molecule has 1 aromatic heterocycles. The van der Waals surface area contributed by atoms with Gasteiger partial charge in [-0.25, -0.2) is 4.68 Å². The third-order valence-corrected chi connectivity index (χ3v) is 3.79. The lowest BCUT2D eigenvalue weighted by molar-refractivity contribution is -0.123. The van der Waals surface area contributed by atoms with Crippen LogP contribution >= 0.6 is 0 Å². The molecule has 7 heteroatoms. The van der Waals surface area contributed by atoms with E-state index in [-0.39, 0.29) is 12.5 Å². The highest BCUT2D eigenvalue weighted by Gasteiger charge is 2.10. The van der Waals surface area contributed by atoms with Gasteiger partial charge in [0, 0.05) is 38.4 Å². The summed E-state index contributed by atoms with van der Waals surface area (Å²) in [6.07, 6.45) is 1.81. The maximum atomic E-state index is 11.8. The molecule has 2 aromatic rings. The van der Waals surface area contributed by atoms with Crippen LogP contribution in [-0.2, 0) is 9.53 Å². The van der Waals surface area contributed by atoms with Gasteiger partial charge in [0.2, 0.25) is 5.88 Å². The summed E-state index contributed by atoms with van der Waals surface area (Å²) in [5.74, 6) is 0.291. The molecule has 128 valence electrons. The number of para-hydroxylation sites is 1. The predicted octanol–water partition coefficient (Wildman–Crippen LogP) is 0.699. The molecule has 0 atom stereocenters. The van der Waals surface area contributed by atoms with Crippen LogP contribution in [0.2, 0.25) is 0 Å². The van der Waals surface area contributed by atoms with Gasteiger partial charge in [0.05, 0.1) is 18.9 Å². The second kappa shape index (κ2) is 8.47. The Bertz CT molecular complexity index is 638. The van der Waals surface area contributed by atoms with Crippen molar-refractivity contribution in [2.75, 3.05) is 46.0 Å². The van der Waals surface area contributed by atoms with Crippen LogP contribution in [0, 0.1) is 0 Å². The molecule has 2 heterocycles. The van der Waals surface area contributed by atoms with E-state index in [1.807, 2.05) is 30.3 Å². The number of ether oxygens (including phenoxy) is 2. The van der Waals surface area contributed by atoms with E-state index in [1.165, 1.54) is 0 Å². The van der Waals surface area contributed by atoms with E-state index in [1.54, 1.807) is 16.9 Å². The first-order valence-electron chi connectivity index (χ1n) is 8.12. The molecule has 24 heavy (non-hydrogen) atoms. The van der Waals surface area contributed by atoms with Gasteiger partial charge in [-0.2, -0.15) is 0 Å². The zero-order valence-electron chi connectivity index (χ0n) is 13.6. The smallest absolute Gasteiger partial charge is 0.258 e. The van der Waals surface area contributed by atoms with Crippen molar-refractivity contribution in [2.45, 2.75) is 0 Å². The van der Waals surface area contributed by atoms with Crippen molar-refractivity contribution >= 4 is 5.91 Å². The average molecular weight is 330 g/mol. The molecule has 7 nitrogen and oxygen atoms in total. The van der Waals surface area contributed by atoms with Crippen molar-refractivity contribution in [3.63, 3.8) is 0 Å². The second-order valence-electron chi connectivity index (χ2n) is 5.53. The van der Waals surface area contributed by atoms with Crippen LogP contribution in [0.25, 0.3) is 5.69 Å². The first-order valence-corrected chi connectivity index (χ1v) is 8.12. The molecule has 1 N–H and O–H groups in total. The number of hydrogen-bond acceptors (Lipinski definition) is 5. The minimum atomic E-state index is -0.141. The molecule has 1 aliphatic rings. The summed E-state index contributed by atoms with van der Waals surface area (Å²) in [4.78, 5) is 14.1. The lowest BCUT2D eigenvalue weighted by Crippen LogP contribution is -2.42. The number of carbonyl (C=O) groups excluding carboxylic acids is 1. The fourth-order valence-corrected chi connectivity index (χ4v) is 2.48. The van der Waals surface area contributed by atoms with Crippen LogP contribution in [0.15, 0.2) is 42.6 Å². The van der Waals surface area contributed by atoms with E-state index in [0.717, 1.165) is 38.5 Å². The quantitative estimate of drug-likeness (QED) is 0.809. The maximum absolute atomic E-state index is 11.8. The molecule has 0 saturated carbocycles. The van der Waals surface area contributed by atoms with Crippen LogP contribution in [0.1, 0.15) is 0 Å². The summed E-state index contributed by atoms with van der Waals surface area (Å²) in [7, 11) is 0. The Morgan fingerprint density at radius 1 is 1.21 bits per heavy atom. The number of aromatic nitrogens is 2. The van der Waals surface area contributed by atoms with Crippen molar-refractivity contribution in [2.24, 2.45) is 0 Å². The molecule has 0 radical (unpaired) electrons. The van der Waals surface area contributed by atoms with Gasteiger partial charge in [0.25, 0.3) is 5.91 Å². The summed E-state index contributed by atoms with van der Waals surface area (Å²) < 4.78 is 12.4. The topological polar surface area (TPSA) is 68.6 Å². The van der Waals surface area contributed by atoms with E-state index < -0.39 is 0 Å². The van der Waals surface area contributed by atoms with E-state index in [9.17, 15) is 4.79 Å². The van der Waals surface area contributed by atoms with Crippen LogP contribution in [-0.4, -0.2) is 66.6 Å². The molecule has 0 unspecified atom stereocenters. The highest BCUT2D eigenvalue weighted by Crippen LogP contribution is 2.11. The molecular formula is C17H22N4O3. The molecule has 1 fully saturated rings. The third kappa shape index (κ3) is 4.81. The molecule has 1 aliphatic heterocycles. The van der Waals surface area contributed by atoms with E-state index in [2.05, 4.69) is 15.3 Å². The summed E-state index contributed by atoms with van der Waals surface area (Å²) in [6, 6.07) is 11.5. The van der Waals surface area contributed by atoms with Gasteiger partial charge in [-0.3, -0.25) is 9.69 Å². The van der Waals surface area contributed by atoms with Crippen molar-refractivity contribution in [3.8, 4) is 11.6 Å². The van der Waals surface area contributed by atoms with Crippen LogP contribution in [0.3, 0.4) is 0 Å². The Kier molecular flexibility index (Phi) is 5.81. The van der Waals surface area contributed by atoms with Crippen molar-refractivity contribution < 1.29 is 14.3 Å².